The summed E-state index contributed by atoms with van der Waals surface area (Å²) in [7, 11) is 0. The number of nitrogens with one attached hydrogen (secondary N) is 2. The molecule has 2 amide bonds. The number of amides is 2. The zero-order valence-corrected chi connectivity index (χ0v) is 11.1. The van der Waals surface area contributed by atoms with E-state index >= 15 is 0 Å². The lowest BCUT2D eigenvalue weighted by molar-refractivity contribution is -0.123. The van der Waals surface area contributed by atoms with E-state index in [-0.39, 0.29) is 17.7 Å². The highest BCUT2D eigenvalue weighted by Crippen LogP contribution is 2.28. The summed E-state index contributed by atoms with van der Waals surface area (Å²) >= 11 is 0. The Morgan fingerprint density at radius 2 is 1.95 bits per heavy atom. The summed E-state index contributed by atoms with van der Waals surface area (Å²) in [6, 6.07) is 9.17. The van der Waals surface area contributed by atoms with E-state index in [1.165, 1.54) is 0 Å². The van der Waals surface area contributed by atoms with Crippen molar-refractivity contribution in [1.82, 2.24) is 15.8 Å². The molecule has 2 N–H and O–H groups in total. The Bertz CT molecular complexity index is 693. The van der Waals surface area contributed by atoms with Crippen LogP contribution in [-0.4, -0.2) is 16.8 Å². The summed E-state index contributed by atoms with van der Waals surface area (Å²) in [4.78, 5) is 28.1. The number of nitrogens with zero attached hydrogens (tertiary/aromatic N) is 1. The number of aromatic nitrogens is 1. The highest BCUT2D eigenvalue weighted by molar-refractivity contribution is 6.06. The van der Waals surface area contributed by atoms with Crippen LogP contribution in [-0.2, 0) is 4.79 Å². The minimum Gasteiger partial charge on any atom is -0.273 e. The molecule has 1 aromatic heterocycles. The highest BCUT2D eigenvalue weighted by atomic mass is 16.2. The molecule has 1 aromatic carbocycles. The van der Waals surface area contributed by atoms with Gasteiger partial charge in [0.25, 0.3) is 5.91 Å². The molecule has 5 nitrogen and oxygen atoms in total. The van der Waals surface area contributed by atoms with Crippen molar-refractivity contribution >= 4 is 22.7 Å². The number of para-hydroxylation sites is 1. The first-order valence-electron chi connectivity index (χ1n) is 6.62. The molecule has 0 saturated heterocycles. The molecule has 1 aliphatic carbocycles. The van der Waals surface area contributed by atoms with Gasteiger partial charge in [0.2, 0.25) is 5.91 Å². The van der Waals surface area contributed by atoms with Gasteiger partial charge in [-0.25, -0.2) is 0 Å². The number of hydrogen-bond donors (Lipinski definition) is 2. The van der Waals surface area contributed by atoms with E-state index < -0.39 is 0 Å². The van der Waals surface area contributed by atoms with Gasteiger partial charge in [0.1, 0.15) is 0 Å². The number of hydrazine groups is 1. The maximum absolute atomic E-state index is 12.2. The molecule has 20 heavy (non-hydrogen) atoms. The molecular formula is C15H15N3O2. The van der Waals surface area contributed by atoms with Gasteiger partial charge in [-0.1, -0.05) is 18.2 Å². The first-order valence-corrected chi connectivity index (χ1v) is 6.62. The Morgan fingerprint density at radius 1 is 1.20 bits per heavy atom. The van der Waals surface area contributed by atoms with Crippen molar-refractivity contribution in [2.45, 2.75) is 19.8 Å². The van der Waals surface area contributed by atoms with Crippen molar-refractivity contribution in [3.05, 3.63) is 41.6 Å². The normalized spacial score (nSPS) is 14.1. The quantitative estimate of drug-likeness (QED) is 0.815. The van der Waals surface area contributed by atoms with Crippen LogP contribution < -0.4 is 10.9 Å². The first-order chi connectivity index (χ1) is 9.65. The Hall–Kier alpha value is -2.43. The molecule has 2 aromatic rings. The minimum atomic E-state index is -0.319. The Morgan fingerprint density at radius 3 is 2.70 bits per heavy atom. The third-order valence-electron chi connectivity index (χ3n) is 3.34. The molecule has 1 heterocycles. The fourth-order valence-corrected chi connectivity index (χ4v) is 2.13. The predicted molar refractivity (Wildman–Crippen MR) is 74.8 cm³/mol. The van der Waals surface area contributed by atoms with Crippen molar-refractivity contribution in [3.63, 3.8) is 0 Å². The van der Waals surface area contributed by atoms with Gasteiger partial charge >= 0.3 is 0 Å². The maximum Gasteiger partial charge on any atom is 0.270 e. The largest absolute Gasteiger partial charge is 0.273 e. The molecule has 0 unspecified atom stereocenters. The summed E-state index contributed by atoms with van der Waals surface area (Å²) in [6.45, 7) is 1.84. The third kappa shape index (κ3) is 2.47. The average molecular weight is 269 g/mol. The average Bonchev–Trinajstić information content (AvgIpc) is 3.28. The van der Waals surface area contributed by atoms with Gasteiger partial charge < -0.3 is 0 Å². The van der Waals surface area contributed by atoms with Gasteiger partial charge in [-0.3, -0.25) is 25.4 Å². The molecule has 0 bridgehead atoms. The molecule has 1 fully saturated rings. The summed E-state index contributed by atoms with van der Waals surface area (Å²) in [6.07, 6.45) is 1.80. The predicted octanol–water partition coefficient (Wildman–Crippen LogP) is 1.71. The van der Waals surface area contributed by atoms with E-state index in [0.717, 1.165) is 29.4 Å². The van der Waals surface area contributed by atoms with Gasteiger partial charge in [0.15, 0.2) is 0 Å². The van der Waals surface area contributed by atoms with Gasteiger partial charge in [0, 0.05) is 17.0 Å². The van der Waals surface area contributed by atoms with Crippen LogP contribution in [0, 0.1) is 12.8 Å². The van der Waals surface area contributed by atoms with Crippen molar-refractivity contribution in [1.29, 1.82) is 0 Å². The first kappa shape index (κ1) is 12.6. The van der Waals surface area contributed by atoms with Crippen LogP contribution in [0.4, 0.5) is 0 Å². The van der Waals surface area contributed by atoms with Crippen molar-refractivity contribution in [2.24, 2.45) is 5.92 Å². The lowest BCUT2D eigenvalue weighted by atomic mass is 10.1. The number of carbonyl (C=O) groups excluding carboxylic acids is 2. The lowest BCUT2D eigenvalue weighted by Gasteiger charge is -2.09. The number of benzene rings is 1. The van der Waals surface area contributed by atoms with Crippen LogP contribution in [0.15, 0.2) is 30.3 Å². The minimum absolute atomic E-state index is 0.0613. The molecular weight excluding hydrogens is 254 g/mol. The van der Waals surface area contributed by atoms with Crippen LogP contribution in [0.5, 0.6) is 0 Å². The highest BCUT2D eigenvalue weighted by Gasteiger charge is 2.29. The number of hydrogen-bond acceptors (Lipinski definition) is 3. The Balaban J connectivity index is 1.84. The zero-order valence-electron chi connectivity index (χ0n) is 11.1. The molecule has 5 heteroatoms. The topological polar surface area (TPSA) is 71.1 Å². The summed E-state index contributed by atoms with van der Waals surface area (Å²) < 4.78 is 0. The number of rotatable bonds is 2. The number of carbonyl (C=O) groups is 2. The monoisotopic (exact) mass is 269 g/mol. The van der Waals surface area contributed by atoms with E-state index in [1.807, 2.05) is 31.2 Å². The van der Waals surface area contributed by atoms with E-state index in [1.54, 1.807) is 6.07 Å². The standard InChI is InChI=1S/C15H15N3O2/c1-9-8-12(11-4-2-3-5-13(11)16-9)15(20)18-17-14(19)10-6-7-10/h2-5,8,10H,6-7H2,1H3,(H,17,19)(H,18,20). The fourth-order valence-electron chi connectivity index (χ4n) is 2.13. The Labute approximate surface area is 116 Å². The number of fused-ring (bicyclic) bond motifs is 1. The van der Waals surface area contributed by atoms with Gasteiger partial charge in [0.05, 0.1) is 11.1 Å². The molecule has 3 rings (SSSR count). The maximum atomic E-state index is 12.2. The molecule has 102 valence electrons. The van der Waals surface area contributed by atoms with Crippen molar-refractivity contribution in [3.8, 4) is 0 Å². The SMILES string of the molecule is Cc1cc(C(=O)NNC(=O)C2CC2)c2ccccc2n1. The third-order valence-corrected chi connectivity index (χ3v) is 3.34. The van der Waals surface area contributed by atoms with E-state index in [0.29, 0.717) is 5.56 Å². The summed E-state index contributed by atoms with van der Waals surface area (Å²) in [5.41, 5.74) is 6.99. The van der Waals surface area contributed by atoms with Crippen LogP contribution in [0.3, 0.4) is 0 Å². The number of pyridine rings is 1. The molecule has 1 saturated carbocycles. The van der Waals surface area contributed by atoms with E-state index in [9.17, 15) is 9.59 Å². The molecule has 0 atom stereocenters. The second-order valence-corrected chi connectivity index (χ2v) is 5.05. The summed E-state index contributed by atoms with van der Waals surface area (Å²) in [5.74, 6) is -0.375. The lowest BCUT2D eigenvalue weighted by Crippen LogP contribution is -2.42. The van der Waals surface area contributed by atoms with E-state index in [2.05, 4.69) is 15.8 Å². The fraction of sp³-hybridized carbons (Fsp3) is 0.267. The number of aryl methyl sites for hydroxylation is 1. The van der Waals surface area contributed by atoms with Gasteiger partial charge in [-0.05, 0) is 31.9 Å². The van der Waals surface area contributed by atoms with Crippen LogP contribution in [0.25, 0.3) is 10.9 Å². The second-order valence-electron chi connectivity index (χ2n) is 5.05. The van der Waals surface area contributed by atoms with Crippen molar-refractivity contribution < 1.29 is 9.59 Å². The van der Waals surface area contributed by atoms with Crippen molar-refractivity contribution in [2.75, 3.05) is 0 Å². The molecule has 0 aliphatic heterocycles. The zero-order chi connectivity index (χ0) is 14.1. The molecule has 0 spiro atoms. The van der Waals surface area contributed by atoms with Gasteiger partial charge in [-0.2, -0.15) is 0 Å². The smallest absolute Gasteiger partial charge is 0.270 e. The van der Waals surface area contributed by atoms with Gasteiger partial charge in [-0.15, -0.1) is 0 Å². The second kappa shape index (κ2) is 4.92. The van der Waals surface area contributed by atoms with E-state index in [4.69, 9.17) is 0 Å². The summed E-state index contributed by atoms with van der Waals surface area (Å²) in [5, 5.41) is 0.774. The Kier molecular flexibility index (Phi) is 3.10. The van der Waals surface area contributed by atoms with Crippen LogP contribution in [0.2, 0.25) is 0 Å². The molecule has 1 aliphatic rings. The molecule has 0 radical (unpaired) electrons. The van der Waals surface area contributed by atoms with Crippen LogP contribution in [0.1, 0.15) is 28.9 Å². The van der Waals surface area contributed by atoms with Crippen LogP contribution >= 0.6 is 0 Å².